The molecule has 1 atom stereocenters. The lowest BCUT2D eigenvalue weighted by Crippen LogP contribution is -2.36. The molecule has 7 heteroatoms. The maximum Gasteiger partial charge on any atom is 0.232 e. The van der Waals surface area contributed by atoms with Crippen LogP contribution in [0.5, 0.6) is 0 Å². The third-order valence-corrected chi connectivity index (χ3v) is 7.01. The largest absolute Gasteiger partial charge is 0.356 e. The van der Waals surface area contributed by atoms with Crippen molar-refractivity contribution in [3.8, 4) is 0 Å². The highest BCUT2D eigenvalue weighted by Crippen LogP contribution is 2.28. The van der Waals surface area contributed by atoms with Crippen molar-refractivity contribution in [3.63, 3.8) is 0 Å². The van der Waals surface area contributed by atoms with Crippen LogP contribution >= 0.6 is 12.2 Å². The van der Waals surface area contributed by atoms with Crippen molar-refractivity contribution >= 4 is 34.9 Å². The zero-order valence-electron chi connectivity index (χ0n) is 19.6. The SMILES string of the molecule is CC1CCN(c2cc(N3CCC(C)CC3)nc(NC(=S)NC(C)c3ccccc3)n2)CC1. The van der Waals surface area contributed by atoms with Gasteiger partial charge in [-0.05, 0) is 62.2 Å². The molecule has 2 N–H and O–H groups in total. The number of rotatable bonds is 5. The summed E-state index contributed by atoms with van der Waals surface area (Å²) in [7, 11) is 0. The molecule has 1 aromatic carbocycles. The number of nitrogens with one attached hydrogen (secondary N) is 2. The minimum atomic E-state index is 0.103. The van der Waals surface area contributed by atoms with Crippen molar-refractivity contribution in [2.24, 2.45) is 11.8 Å². The Labute approximate surface area is 197 Å². The van der Waals surface area contributed by atoms with E-state index in [-0.39, 0.29) is 6.04 Å². The molecule has 0 bridgehead atoms. The van der Waals surface area contributed by atoms with Crippen LogP contribution in [0.25, 0.3) is 0 Å². The van der Waals surface area contributed by atoms with Crippen molar-refractivity contribution in [1.82, 2.24) is 15.3 Å². The van der Waals surface area contributed by atoms with Gasteiger partial charge in [0.2, 0.25) is 5.95 Å². The Morgan fingerprint density at radius 1 is 0.906 bits per heavy atom. The predicted octanol–water partition coefficient (Wildman–Crippen LogP) is 5.00. The lowest BCUT2D eigenvalue weighted by Gasteiger charge is -2.34. The predicted molar refractivity (Wildman–Crippen MR) is 137 cm³/mol. The van der Waals surface area contributed by atoms with Crippen LogP contribution in [0.4, 0.5) is 17.6 Å². The summed E-state index contributed by atoms with van der Waals surface area (Å²) in [6, 6.07) is 12.6. The molecule has 2 saturated heterocycles. The molecule has 6 nitrogen and oxygen atoms in total. The molecule has 32 heavy (non-hydrogen) atoms. The van der Waals surface area contributed by atoms with Gasteiger partial charge in [0.1, 0.15) is 11.6 Å². The summed E-state index contributed by atoms with van der Waals surface area (Å²) in [6.07, 6.45) is 4.82. The highest BCUT2D eigenvalue weighted by molar-refractivity contribution is 7.80. The Balaban J connectivity index is 1.51. The van der Waals surface area contributed by atoms with Gasteiger partial charge in [-0.25, -0.2) is 0 Å². The van der Waals surface area contributed by atoms with Crippen molar-refractivity contribution in [2.75, 3.05) is 41.3 Å². The summed E-state index contributed by atoms with van der Waals surface area (Å²) in [6.45, 7) is 11.0. The molecule has 0 amide bonds. The number of hydrogen-bond donors (Lipinski definition) is 2. The topological polar surface area (TPSA) is 56.3 Å². The van der Waals surface area contributed by atoms with Gasteiger partial charge in [0.25, 0.3) is 0 Å². The standard InChI is InChI=1S/C25H36N6S/c1-18-9-13-30(14-10-18)22-17-23(31-15-11-19(2)12-16-31)28-24(27-22)29-25(32)26-20(3)21-7-5-4-6-8-21/h4-8,17-20H,9-16H2,1-3H3,(H2,26,27,28,29,32). The number of anilines is 3. The van der Waals surface area contributed by atoms with Crippen LogP contribution in [0.3, 0.4) is 0 Å². The second kappa shape index (κ2) is 10.5. The van der Waals surface area contributed by atoms with Crippen LogP contribution in [0.2, 0.25) is 0 Å². The fourth-order valence-electron chi connectivity index (χ4n) is 4.44. The van der Waals surface area contributed by atoms with E-state index in [0.717, 1.165) is 49.7 Å². The Morgan fingerprint density at radius 2 is 1.41 bits per heavy atom. The third kappa shape index (κ3) is 5.88. The number of thiocarbonyl (C=S) groups is 1. The molecular formula is C25H36N6S. The maximum atomic E-state index is 5.61. The molecule has 0 saturated carbocycles. The van der Waals surface area contributed by atoms with E-state index in [9.17, 15) is 0 Å². The second-order valence-corrected chi connectivity index (χ2v) is 9.89. The lowest BCUT2D eigenvalue weighted by atomic mass is 9.99. The van der Waals surface area contributed by atoms with Crippen molar-refractivity contribution in [2.45, 2.75) is 52.5 Å². The molecule has 2 aliphatic heterocycles. The molecule has 1 unspecified atom stereocenters. The van der Waals surface area contributed by atoms with Crippen LogP contribution in [0.15, 0.2) is 36.4 Å². The van der Waals surface area contributed by atoms with Gasteiger partial charge in [-0.15, -0.1) is 0 Å². The number of benzene rings is 1. The van der Waals surface area contributed by atoms with Crippen LogP contribution in [-0.2, 0) is 0 Å². The normalized spacial score (nSPS) is 19.0. The summed E-state index contributed by atoms with van der Waals surface area (Å²) < 4.78 is 0. The smallest absolute Gasteiger partial charge is 0.232 e. The molecule has 0 radical (unpaired) electrons. The van der Waals surface area contributed by atoms with Gasteiger partial charge in [-0.3, -0.25) is 0 Å². The maximum absolute atomic E-state index is 5.61. The highest BCUT2D eigenvalue weighted by atomic mass is 32.1. The quantitative estimate of drug-likeness (QED) is 0.619. The Kier molecular flexibility index (Phi) is 7.45. The molecule has 2 fully saturated rings. The average Bonchev–Trinajstić information content (AvgIpc) is 2.80. The third-order valence-electron chi connectivity index (χ3n) is 6.79. The summed E-state index contributed by atoms with van der Waals surface area (Å²) in [5.41, 5.74) is 1.19. The fraction of sp³-hybridized carbons (Fsp3) is 0.560. The molecule has 0 aliphatic carbocycles. The van der Waals surface area contributed by atoms with Crippen molar-refractivity contribution in [3.05, 3.63) is 42.0 Å². The van der Waals surface area contributed by atoms with Gasteiger partial charge in [0, 0.05) is 32.2 Å². The van der Waals surface area contributed by atoms with E-state index in [4.69, 9.17) is 22.2 Å². The van der Waals surface area contributed by atoms with E-state index < -0.39 is 0 Å². The Bertz CT molecular complexity index is 848. The van der Waals surface area contributed by atoms with Gasteiger partial charge < -0.3 is 20.4 Å². The van der Waals surface area contributed by atoms with Gasteiger partial charge in [-0.1, -0.05) is 44.2 Å². The van der Waals surface area contributed by atoms with Crippen molar-refractivity contribution in [1.29, 1.82) is 0 Å². The summed E-state index contributed by atoms with van der Waals surface area (Å²) in [5, 5.41) is 7.18. The first-order valence-electron chi connectivity index (χ1n) is 12.0. The van der Waals surface area contributed by atoms with Crippen LogP contribution in [0, 0.1) is 11.8 Å². The summed E-state index contributed by atoms with van der Waals surface area (Å²) in [5.74, 6) is 4.14. The van der Waals surface area contributed by atoms with Crippen LogP contribution in [-0.4, -0.2) is 41.3 Å². The van der Waals surface area contributed by atoms with Crippen molar-refractivity contribution < 1.29 is 0 Å². The van der Waals surface area contributed by atoms with E-state index in [1.807, 2.05) is 18.2 Å². The molecule has 4 rings (SSSR count). The van der Waals surface area contributed by atoms with E-state index in [1.165, 1.54) is 31.2 Å². The molecule has 2 aromatic rings. The Morgan fingerprint density at radius 3 is 1.91 bits per heavy atom. The molecule has 172 valence electrons. The van der Waals surface area contributed by atoms with E-state index >= 15 is 0 Å². The minimum absolute atomic E-state index is 0.103. The Hall–Kier alpha value is -2.41. The molecular weight excluding hydrogens is 416 g/mol. The molecule has 2 aliphatic rings. The summed E-state index contributed by atoms with van der Waals surface area (Å²) in [4.78, 5) is 14.5. The van der Waals surface area contributed by atoms with E-state index in [2.05, 4.69) is 59.4 Å². The summed E-state index contributed by atoms with van der Waals surface area (Å²) >= 11 is 5.61. The first-order valence-corrected chi connectivity index (χ1v) is 12.4. The number of nitrogens with zero attached hydrogens (tertiary/aromatic N) is 4. The highest BCUT2D eigenvalue weighted by Gasteiger charge is 2.22. The van der Waals surface area contributed by atoms with Gasteiger partial charge >= 0.3 is 0 Å². The second-order valence-electron chi connectivity index (χ2n) is 9.48. The zero-order chi connectivity index (χ0) is 22.5. The van der Waals surface area contributed by atoms with Crippen LogP contribution in [0.1, 0.15) is 58.1 Å². The molecule has 3 heterocycles. The van der Waals surface area contributed by atoms with E-state index in [1.54, 1.807) is 0 Å². The lowest BCUT2D eigenvalue weighted by molar-refractivity contribution is 0.433. The minimum Gasteiger partial charge on any atom is -0.356 e. The molecule has 0 spiro atoms. The van der Waals surface area contributed by atoms with Gasteiger partial charge in [0.15, 0.2) is 5.11 Å². The average molecular weight is 453 g/mol. The monoisotopic (exact) mass is 452 g/mol. The van der Waals surface area contributed by atoms with E-state index in [0.29, 0.717) is 11.1 Å². The number of aromatic nitrogens is 2. The molecule has 1 aromatic heterocycles. The first kappa shape index (κ1) is 22.8. The number of piperidine rings is 2. The zero-order valence-corrected chi connectivity index (χ0v) is 20.4. The fourth-order valence-corrected chi connectivity index (χ4v) is 4.70. The van der Waals surface area contributed by atoms with Crippen LogP contribution < -0.4 is 20.4 Å². The van der Waals surface area contributed by atoms with Gasteiger partial charge in [0.05, 0.1) is 6.04 Å². The van der Waals surface area contributed by atoms with Gasteiger partial charge in [-0.2, -0.15) is 9.97 Å². The first-order chi connectivity index (χ1) is 15.5. The number of hydrogen-bond acceptors (Lipinski definition) is 5.